The maximum Gasteiger partial charge on any atom is 0.326 e. The lowest BCUT2D eigenvalue weighted by molar-refractivity contribution is -0.139. The summed E-state index contributed by atoms with van der Waals surface area (Å²) in [6, 6.07) is 0.0815. The van der Waals surface area contributed by atoms with E-state index in [1.54, 1.807) is 0 Å². The first kappa shape index (κ1) is 15.7. The van der Waals surface area contributed by atoms with Crippen molar-refractivity contribution in [3.05, 3.63) is 0 Å². The van der Waals surface area contributed by atoms with Crippen LogP contribution in [0.25, 0.3) is 0 Å². The highest BCUT2D eigenvalue weighted by Crippen LogP contribution is 2.06. The first-order valence-electron chi connectivity index (χ1n) is 6.01. The van der Waals surface area contributed by atoms with Crippen LogP contribution in [-0.4, -0.2) is 59.8 Å². The molecule has 0 aromatic rings. The highest BCUT2D eigenvalue weighted by atomic mass is 16.5. The van der Waals surface area contributed by atoms with E-state index in [4.69, 9.17) is 20.8 Å². The molecular formula is C11H16N4O5. The monoisotopic (exact) mass is 284 g/mol. The summed E-state index contributed by atoms with van der Waals surface area (Å²) in [6.07, 6.45) is -0.938. The highest BCUT2D eigenvalue weighted by molar-refractivity contribution is 5.83. The molecule has 0 aliphatic carbocycles. The van der Waals surface area contributed by atoms with Crippen LogP contribution in [0.1, 0.15) is 12.8 Å². The van der Waals surface area contributed by atoms with Crippen molar-refractivity contribution in [3.8, 4) is 6.07 Å². The maximum absolute atomic E-state index is 11.9. The number of hydrogen-bond acceptors (Lipinski definition) is 5. The summed E-state index contributed by atoms with van der Waals surface area (Å²) in [5.74, 6) is -1.88. The predicted molar refractivity (Wildman–Crippen MR) is 65.3 cm³/mol. The number of primary amides is 1. The van der Waals surface area contributed by atoms with Crippen molar-refractivity contribution in [1.82, 2.24) is 10.2 Å². The second-order valence-electron chi connectivity index (χ2n) is 4.28. The number of nitriles is 1. The van der Waals surface area contributed by atoms with Crippen LogP contribution in [0, 0.1) is 11.3 Å². The lowest BCUT2D eigenvalue weighted by atomic mass is 10.1. The molecule has 0 spiro atoms. The van der Waals surface area contributed by atoms with Gasteiger partial charge in [-0.15, -0.1) is 0 Å². The number of amides is 3. The minimum absolute atomic E-state index is 0.0739. The first-order chi connectivity index (χ1) is 9.43. The molecule has 9 heteroatoms. The molecule has 0 bridgehead atoms. The summed E-state index contributed by atoms with van der Waals surface area (Å²) < 4.78 is 5.08. The quantitative estimate of drug-likeness (QED) is 0.568. The van der Waals surface area contributed by atoms with E-state index >= 15 is 0 Å². The zero-order chi connectivity index (χ0) is 15.1. The second kappa shape index (κ2) is 7.30. The van der Waals surface area contributed by atoms with E-state index in [9.17, 15) is 14.4 Å². The van der Waals surface area contributed by atoms with E-state index in [1.165, 1.54) is 4.90 Å². The molecule has 3 amide bonds. The van der Waals surface area contributed by atoms with Gasteiger partial charge in [-0.3, -0.25) is 4.79 Å². The highest BCUT2D eigenvalue weighted by Gasteiger charge is 2.27. The molecular weight excluding hydrogens is 268 g/mol. The molecule has 110 valence electrons. The van der Waals surface area contributed by atoms with E-state index in [0.717, 1.165) is 0 Å². The Labute approximate surface area is 115 Å². The van der Waals surface area contributed by atoms with Gasteiger partial charge in [0.05, 0.1) is 19.2 Å². The van der Waals surface area contributed by atoms with E-state index in [1.807, 2.05) is 6.07 Å². The summed E-state index contributed by atoms with van der Waals surface area (Å²) in [5.41, 5.74) is 4.94. The summed E-state index contributed by atoms with van der Waals surface area (Å²) >= 11 is 0. The molecule has 0 aromatic carbocycles. The van der Waals surface area contributed by atoms with Crippen molar-refractivity contribution in [3.63, 3.8) is 0 Å². The Kier molecular flexibility index (Phi) is 5.74. The van der Waals surface area contributed by atoms with Crippen molar-refractivity contribution in [2.24, 2.45) is 5.73 Å². The molecule has 20 heavy (non-hydrogen) atoms. The normalized spacial score (nSPS) is 19.8. The Bertz CT molecular complexity index is 433. The van der Waals surface area contributed by atoms with Crippen molar-refractivity contribution in [1.29, 1.82) is 5.26 Å². The number of carbonyl (C=O) groups is 3. The number of nitrogens with zero attached hydrogens (tertiary/aromatic N) is 2. The third kappa shape index (κ3) is 4.74. The van der Waals surface area contributed by atoms with Gasteiger partial charge in [0.25, 0.3) is 0 Å². The van der Waals surface area contributed by atoms with Crippen LogP contribution < -0.4 is 11.1 Å². The summed E-state index contributed by atoms with van der Waals surface area (Å²) in [6.45, 7) is 0.557. The van der Waals surface area contributed by atoms with Gasteiger partial charge in [-0.1, -0.05) is 0 Å². The van der Waals surface area contributed by atoms with Crippen LogP contribution in [0.5, 0.6) is 0 Å². The number of carboxylic acid groups (broad SMARTS) is 1. The molecule has 1 rings (SSSR count). The Hall–Kier alpha value is -2.34. The van der Waals surface area contributed by atoms with E-state index in [-0.39, 0.29) is 32.5 Å². The molecule has 1 fully saturated rings. The Morgan fingerprint density at radius 1 is 1.55 bits per heavy atom. The van der Waals surface area contributed by atoms with E-state index in [0.29, 0.717) is 0 Å². The topological polar surface area (TPSA) is 146 Å². The zero-order valence-corrected chi connectivity index (χ0v) is 10.7. The van der Waals surface area contributed by atoms with Gasteiger partial charge < -0.3 is 25.8 Å². The number of rotatable bonds is 5. The SMILES string of the molecule is N#CC1CN(C(=O)NC(CCC(N)=O)C(=O)O)CCO1. The number of carbonyl (C=O) groups excluding carboxylic acids is 2. The number of nitrogens with two attached hydrogens (primary N) is 1. The molecule has 0 aromatic heterocycles. The van der Waals surface area contributed by atoms with Gasteiger partial charge in [-0.05, 0) is 6.42 Å². The molecule has 1 aliphatic rings. The minimum Gasteiger partial charge on any atom is -0.480 e. The molecule has 0 radical (unpaired) electrons. The van der Waals surface area contributed by atoms with Gasteiger partial charge in [0, 0.05) is 13.0 Å². The van der Waals surface area contributed by atoms with Crippen molar-refractivity contribution in [2.75, 3.05) is 19.7 Å². The lowest BCUT2D eigenvalue weighted by Crippen LogP contribution is -2.53. The third-order valence-corrected chi connectivity index (χ3v) is 2.77. The maximum atomic E-state index is 11.9. The molecule has 9 nitrogen and oxygen atoms in total. The van der Waals surface area contributed by atoms with Gasteiger partial charge in [0.15, 0.2) is 6.10 Å². The zero-order valence-electron chi connectivity index (χ0n) is 10.7. The second-order valence-corrected chi connectivity index (χ2v) is 4.28. The molecule has 2 unspecified atom stereocenters. The molecule has 0 saturated carbocycles. The Morgan fingerprint density at radius 2 is 2.25 bits per heavy atom. The van der Waals surface area contributed by atoms with Gasteiger partial charge in [0.1, 0.15) is 6.04 Å². The molecule has 2 atom stereocenters. The van der Waals surface area contributed by atoms with E-state index in [2.05, 4.69) is 5.32 Å². The average molecular weight is 284 g/mol. The van der Waals surface area contributed by atoms with Crippen molar-refractivity contribution >= 4 is 17.9 Å². The number of morpholine rings is 1. The van der Waals surface area contributed by atoms with Crippen LogP contribution in [0.15, 0.2) is 0 Å². The molecule has 1 saturated heterocycles. The Balaban J connectivity index is 2.55. The standard InChI is InChI=1S/C11H16N4O5/c12-5-7-6-15(3-4-20-7)11(19)14-8(10(17)18)1-2-9(13)16/h7-8H,1-4,6H2,(H2,13,16)(H,14,19)(H,17,18). The Morgan fingerprint density at radius 3 is 2.80 bits per heavy atom. The van der Waals surface area contributed by atoms with E-state index < -0.39 is 30.1 Å². The van der Waals surface area contributed by atoms with Crippen LogP contribution >= 0.6 is 0 Å². The fourth-order valence-electron chi connectivity index (χ4n) is 1.70. The van der Waals surface area contributed by atoms with Gasteiger partial charge in [-0.25, -0.2) is 9.59 Å². The largest absolute Gasteiger partial charge is 0.480 e. The number of nitrogens with one attached hydrogen (secondary N) is 1. The number of carboxylic acids is 1. The third-order valence-electron chi connectivity index (χ3n) is 2.77. The molecule has 4 N–H and O–H groups in total. The fraction of sp³-hybridized carbons (Fsp3) is 0.636. The lowest BCUT2D eigenvalue weighted by Gasteiger charge is -2.30. The average Bonchev–Trinajstić information content (AvgIpc) is 2.42. The van der Waals surface area contributed by atoms with Gasteiger partial charge in [0.2, 0.25) is 5.91 Å². The van der Waals surface area contributed by atoms with Crippen LogP contribution in [0.3, 0.4) is 0 Å². The predicted octanol–water partition coefficient (Wildman–Crippen LogP) is -1.36. The summed E-state index contributed by atoms with van der Waals surface area (Å²) in [4.78, 5) is 34.8. The smallest absolute Gasteiger partial charge is 0.326 e. The fourth-order valence-corrected chi connectivity index (χ4v) is 1.70. The van der Waals surface area contributed by atoms with Crippen molar-refractivity contribution in [2.45, 2.75) is 25.0 Å². The summed E-state index contributed by atoms with van der Waals surface area (Å²) in [5, 5.41) is 20.0. The number of aliphatic carboxylic acids is 1. The van der Waals surface area contributed by atoms with Gasteiger partial charge in [-0.2, -0.15) is 5.26 Å². The van der Waals surface area contributed by atoms with Crippen LogP contribution in [-0.2, 0) is 14.3 Å². The first-order valence-corrected chi connectivity index (χ1v) is 6.01. The van der Waals surface area contributed by atoms with Crippen LogP contribution in [0.4, 0.5) is 4.79 Å². The van der Waals surface area contributed by atoms with Gasteiger partial charge >= 0.3 is 12.0 Å². The van der Waals surface area contributed by atoms with Crippen molar-refractivity contribution < 1.29 is 24.2 Å². The summed E-state index contributed by atoms with van der Waals surface area (Å²) in [7, 11) is 0. The minimum atomic E-state index is -1.25. The molecule has 1 heterocycles. The number of urea groups is 1. The molecule has 1 aliphatic heterocycles. The van der Waals surface area contributed by atoms with Crippen LogP contribution in [0.2, 0.25) is 0 Å². The number of ether oxygens (including phenoxy) is 1. The number of hydrogen-bond donors (Lipinski definition) is 3.